The molecule has 0 saturated carbocycles. The molecule has 0 aliphatic carbocycles. The minimum atomic E-state index is -0.899. The van der Waals surface area contributed by atoms with Crippen molar-refractivity contribution >= 4 is 17.8 Å². The minimum Gasteiger partial charge on any atom is -0.481 e. The van der Waals surface area contributed by atoms with Gasteiger partial charge >= 0.3 is 11.9 Å². The number of rotatable bonds is 8. The van der Waals surface area contributed by atoms with E-state index in [0.29, 0.717) is 13.0 Å². The number of carboxylic acids is 1. The smallest absolute Gasteiger partial charge is 0.305 e. The maximum atomic E-state index is 11.7. The van der Waals surface area contributed by atoms with Crippen molar-refractivity contribution in [3.63, 3.8) is 0 Å². The lowest BCUT2D eigenvalue weighted by Crippen LogP contribution is -2.29. The molecule has 0 aromatic rings. The van der Waals surface area contributed by atoms with Crippen molar-refractivity contribution in [3.05, 3.63) is 0 Å². The average Bonchev–Trinajstić information content (AvgIpc) is 2.27. The third-order valence-corrected chi connectivity index (χ3v) is 2.57. The monoisotopic (exact) mass is 259 g/mol. The van der Waals surface area contributed by atoms with Gasteiger partial charge in [0.25, 0.3) is 0 Å². The van der Waals surface area contributed by atoms with Crippen LogP contribution in [0.15, 0.2) is 0 Å². The maximum absolute atomic E-state index is 11.7. The Morgan fingerprint density at radius 3 is 2.39 bits per heavy atom. The highest BCUT2D eigenvalue weighted by molar-refractivity contribution is 5.77. The first-order chi connectivity index (χ1) is 8.36. The Morgan fingerprint density at radius 1 is 1.28 bits per heavy atom. The summed E-state index contributed by atoms with van der Waals surface area (Å²) in [7, 11) is 2.97. The lowest BCUT2D eigenvalue weighted by atomic mass is 10.0. The summed E-state index contributed by atoms with van der Waals surface area (Å²) in [5.41, 5.74) is 0. The van der Waals surface area contributed by atoms with Crippen molar-refractivity contribution in [1.29, 1.82) is 0 Å². The van der Waals surface area contributed by atoms with Gasteiger partial charge in [0.2, 0.25) is 5.91 Å². The van der Waals surface area contributed by atoms with Gasteiger partial charge in [0.1, 0.15) is 0 Å². The molecule has 0 aliphatic heterocycles. The normalized spacial score (nSPS) is 11.7. The molecule has 0 aromatic heterocycles. The van der Waals surface area contributed by atoms with Crippen LogP contribution in [-0.2, 0) is 19.1 Å². The number of nitrogens with zero attached hydrogens (tertiary/aromatic N) is 1. The minimum absolute atomic E-state index is 0.0122. The van der Waals surface area contributed by atoms with E-state index in [1.807, 2.05) is 0 Å². The van der Waals surface area contributed by atoms with Gasteiger partial charge in [-0.15, -0.1) is 0 Å². The Labute approximate surface area is 107 Å². The van der Waals surface area contributed by atoms with Gasteiger partial charge in [-0.25, -0.2) is 0 Å². The number of amides is 1. The Morgan fingerprint density at radius 2 is 1.89 bits per heavy atom. The molecule has 6 heteroatoms. The van der Waals surface area contributed by atoms with E-state index >= 15 is 0 Å². The van der Waals surface area contributed by atoms with Gasteiger partial charge in [0, 0.05) is 32.9 Å². The van der Waals surface area contributed by atoms with Crippen LogP contribution in [0.2, 0.25) is 0 Å². The van der Waals surface area contributed by atoms with Gasteiger partial charge in [-0.3, -0.25) is 14.4 Å². The molecule has 0 saturated heterocycles. The molecule has 6 nitrogen and oxygen atoms in total. The zero-order valence-corrected chi connectivity index (χ0v) is 11.1. The molecular formula is C12H21NO5. The molecule has 0 fully saturated rings. The van der Waals surface area contributed by atoms with E-state index < -0.39 is 5.97 Å². The Bertz CT molecular complexity index is 303. The second kappa shape index (κ2) is 8.49. The summed E-state index contributed by atoms with van der Waals surface area (Å²) in [6.07, 6.45) is 1.02. The zero-order valence-electron chi connectivity index (χ0n) is 11.1. The van der Waals surface area contributed by atoms with Gasteiger partial charge in [-0.1, -0.05) is 6.92 Å². The molecule has 104 valence electrons. The van der Waals surface area contributed by atoms with Crippen molar-refractivity contribution in [1.82, 2.24) is 4.90 Å². The van der Waals surface area contributed by atoms with Crippen molar-refractivity contribution in [2.45, 2.75) is 32.6 Å². The van der Waals surface area contributed by atoms with E-state index in [1.54, 1.807) is 14.0 Å². The maximum Gasteiger partial charge on any atom is 0.305 e. The van der Waals surface area contributed by atoms with E-state index in [1.165, 1.54) is 12.0 Å². The lowest BCUT2D eigenvalue weighted by Gasteiger charge is -2.18. The Kier molecular flexibility index (Phi) is 7.74. The first-order valence-corrected chi connectivity index (χ1v) is 5.89. The van der Waals surface area contributed by atoms with Crippen molar-refractivity contribution in [2.75, 3.05) is 20.7 Å². The van der Waals surface area contributed by atoms with Crippen LogP contribution in [0.4, 0.5) is 0 Å². The van der Waals surface area contributed by atoms with Crippen molar-refractivity contribution in [3.8, 4) is 0 Å². The van der Waals surface area contributed by atoms with Gasteiger partial charge in [0.15, 0.2) is 0 Å². The quantitative estimate of drug-likeness (QED) is 0.655. The molecule has 0 rings (SSSR count). The van der Waals surface area contributed by atoms with Crippen molar-refractivity contribution < 1.29 is 24.2 Å². The van der Waals surface area contributed by atoms with Crippen LogP contribution in [0.1, 0.15) is 32.6 Å². The summed E-state index contributed by atoms with van der Waals surface area (Å²) in [5, 5.41) is 8.59. The molecule has 1 unspecified atom stereocenters. The number of carbonyl (C=O) groups excluding carboxylic acids is 2. The van der Waals surface area contributed by atoms with E-state index in [2.05, 4.69) is 4.74 Å². The predicted molar refractivity (Wildman–Crippen MR) is 64.9 cm³/mol. The van der Waals surface area contributed by atoms with Crippen LogP contribution in [0.3, 0.4) is 0 Å². The molecule has 0 bridgehead atoms. The number of carbonyl (C=O) groups is 3. The third kappa shape index (κ3) is 7.65. The van der Waals surface area contributed by atoms with Crippen LogP contribution in [0.5, 0.6) is 0 Å². The fourth-order valence-corrected chi connectivity index (χ4v) is 1.51. The van der Waals surface area contributed by atoms with E-state index in [0.717, 1.165) is 0 Å². The second-order valence-corrected chi connectivity index (χ2v) is 4.40. The number of ether oxygens (including phenoxy) is 1. The molecular weight excluding hydrogens is 238 g/mol. The van der Waals surface area contributed by atoms with E-state index in [-0.39, 0.29) is 37.1 Å². The Hall–Kier alpha value is -1.59. The SMILES string of the molecule is COC(=O)CCCN(C)C(=O)CC(C)CC(=O)O. The zero-order chi connectivity index (χ0) is 14.1. The molecule has 1 atom stereocenters. The highest BCUT2D eigenvalue weighted by atomic mass is 16.5. The van der Waals surface area contributed by atoms with E-state index in [4.69, 9.17) is 5.11 Å². The lowest BCUT2D eigenvalue weighted by molar-refractivity contribution is -0.142. The highest BCUT2D eigenvalue weighted by Crippen LogP contribution is 2.09. The predicted octanol–water partition coefficient (Wildman–Crippen LogP) is 0.899. The number of methoxy groups -OCH3 is 1. The van der Waals surface area contributed by atoms with Gasteiger partial charge in [-0.05, 0) is 12.3 Å². The topological polar surface area (TPSA) is 83.9 Å². The first-order valence-electron chi connectivity index (χ1n) is 5.89. The number of carboxylic acid groups (broad SMARTS) is 1. The number of esters is 1. The van der Waals surface area contributed by atoms with Gasteiger partial charge in [0.05, 0.1) is 7.11 Å². The van der Waals surface area contributed by atoms with Crippen LogP contribution < -0.4 is 0 Å². The summed E-state index contributed by atoms with van der Waals surface area (Å²) >= 11 is 0. The second-order valence-electron chi connectivity index (χ2n) is 4.40. The number of aliphatic carboxylic acids is 1. The van der Waals surface area contributed by atoms with Gasteiger partial charge in [-0.2, -0.15) is 0 Å². The largest absolute Gasteiger partial charge is 0.481 e. The third-order valence-electron chi connectivity index (χ3n) is 2.57. The summed E-state index contributed by atoms with van der Waals surface area (Å²) in [6.45, 7) is 2.20. The van der Waals surface area contributed by atoms with Crippen LogP contribution in [-0.4, -0.2) is 48.6 Å². The standard InChI is InChI=1S/C12H21NO5/c1-9(8-11(15)16)7-10(14)13(2)6-4-5-12(17)18-3/h9H,4-8H2,1-3H3,(H,15,16). The molecule has 0 aromatic carbocycles. The molecule has 18 heavy (non-hydrogen) atoms. The molecule has 1 amide bonds. The highest BCUT2D eigenvalue weighted by Gasteiger charge is 2.15. The molecule has 0 heterocycles. The Balaban J connectivity index is 3.88. The van der Waals surface area contributed by atoms with Gasteiger partial charge < -0.3 is 14.7 Å². The van der Waals surface area contributed by atoms with Crippen LogP contribution in [0, 0.1) is 5.92 Å². The number of hydrogen-bond acceptors (Lipinski definition) is 4. The number of hydrogen-bond donors (Lipinski definition) is 1. The van der Waals surface area contributed by atoms with Crippen LogP contribution >= 0.6 is 0 Å². The van der Waals surface area contributed by atoms with Crippen molar-refractivity contribution in [2.24, 2.45) is 5.92 Å². The average molecular weight is 259 g/mol. The summed E-state index contributed by atoms with van der Waals surface area (Å²) in [6, 6.07) is 0. The molecule has 0 aliphatic rings. The molecule has 0 spiro atoms. The summed E-state index contributed by atoms with van der Waals surface area (Å²) < 4.78 is 4.49. The first kappa shape index (κ1) is 16.4. The fourth-order valence-electron chi connectivity index (χ4n) is 1.51. The molecule has 1 N–H and O–H groups in total. The molecule has 0 radical (unpaired) electrons. The summed E-state index contributed by atoms with van der Waals surface area (Å²) in [5.74, 6) is -1.48. The van der Waals surface area contributed by atoms with Crippen LogP contribution in [0.25, 0.3) is 0 Å². The fraction of sp³-hybridized carbons (Fsp3) is 0.750. The summed E-state index contributed by atoms with van der Waals surface area (Å²) in [4.78, 5) is 34.5. The van der Waals surface area contributed by atoms with E-state index in [9.17, 15) is 14.4 Å².